The zero-order valence-corrected chi connectivity index (χ0v) is 17.7. The molecule has 0 aliphatic carbocycles. The van der Waals surface area contributed by atoms with Gasteiger partial charge >= 0.3 is 13.3 Å². The summed E-state index contributed by atoms with van der Waals surface area (Å²) in [7, 11) is -5.57. The lowest BCUT2D eigenvalue weighted by Gasteiger charge is -2.19. The summed E-state index contributed by atoms with van der Waals surface area (Å²) in [6, 6.07) is 12.1. The molecule has 0 saturated heterocycles. The Hall–Kier alpha value is -0.240. The van der Waals surface area contributed by atoms with Crippen LogP contribution in [0.25, 0.3) is 0 Å². The van der Waals surface area contributed by atoms with Crippen LogP contribution in [0.15, 0.2) is 51.4 Å². The van der Waals surface area contributed by atoms with Crippen molar-refractivity contribution in [3.8, 4) is 0 Å². The molecule has 25 heavy (non-hydrogen) atoms. The number of halogens is 4. The first-order valence-corrected chi connectivity index (χ1v) is 11.5. The molecule has 2 rings (SSSR count). The summed E-state index contributed by atoms with van der Waals surface area (Å²) in [6.07, 6.45) is 0.668. The molecule has 3 nitrogen and oxygen atoms in total. The summed E-state index contributed by atoms with van der Waals surface area (Å²) in [4.78, 5) is 17.7. The lowest BCUT2D eigenvalue weighted by molar-refractivity contribution is 0.0557. The number of aryl methyl sites for hydroxylation is 1. The number of hydrogen-bond acceptors (Lipinski definition) is 2. The summed E-state index contributed by atoms with van der Waals surface area (Å²) in [5.74, 6) is 1.65. The highest BCUT2D eigenvalue weighted by Crippen LogP contribution is 2.60. The van der Waals surface area contributed by atoms with Crippen molar-refractivity contribution in [1.82, 2.24) is 0 Å². The predicted molar refractivity (Wildman–Crippen MR) is 104 cm³/mol. The maximum Gasteiger partial charge on any atom is 0.399 e. The first-order valence-electron chi connectivity index (χ1n) is 7.16. The summed E-state index contributed by atoms with van der Waals surface area (Å²) < 4.78 is 39.6. The molecular weight excluding hydrogens is 501 g/mol. The van der Waals surface area contributed by atoms with Crippen LogP contribution in [0, 0.1) is 0 Å². The molecule has 136 valence electrons. The van der Waals surface area contributed by atoms with E-state index in [9.17, 15) is 13.3 Å². The van der Waals surface area contributed by atoms with Gasteiger partial charge in [-0.05, 0) is 41.5 Å². The second-order valence-electron chi connectivity index (χ2n) is 5.33. The van der Waals surface area contributed by atoms with E-state index in [2.05, 4.69) is 31.9 Å². The molecular formula is C16H15Br2F2O3PS. The van der Waals surface area contributed by atoms with E-state index < -0.39 is 18.8 Å². The van der Waals surface area contributed by atoms with E-state index in [0.29, 0.717) is 6.42 Å². The van der Waals surface area contributed by atoms with E-state index in [0.717, 1.165) is 27.6 Å². The highest BCUT2D eigenvalue weighted by Gasteiger charge is 2.51. The standard InChI is InChI=1S/C16H15Br2F2O3PS/c17-13-4-1-12(2-5-13)10-25-8-7-11-3-6-14(15(18)9-11)16(19,20)24(21,22)23/h1-6,9H,7-8,10H2,(H2,21,22,23). The Morgan fingerprint density at radius 1 is 1.04 bits per heavy atom. The molecule has 0 saturated carbocycles. The zero-order chi connectivity index (χ0) is 18.7. The molecule has 0 atom stereocenters. The quantitative estimate of drug-likeness (QED) is 0.355. The molecule has 0 amide bonds. The summed E-state index contributed by atoms with van der Waals surface area (Å²) in [6.45, 7) is 0. The van der Waals surface area contributed by atoms with Crippen LogP contribution in [0.1, 0.15) is 16.7 Å². The van der Waals surface area contributed by atoms with Gasteiger partial charge in [-0.15, -0.1) is 0 Å². The van der Waals surface area contributed by atoms with Crippen LogP contribution in [0.4, 0.5) is 8.78 Å². The summed E-state index contributed by atoms with van der Waals surface area (Å²) >= 11 is 8.10. The van der Waals surface area contributed by atoms with Gasteiger partial charge in [0.05, 0.1) is 0 Å². The fraction of sp³-hybridized carbons (Fsp3) is 0.250. The van der Waals surface area contributed by atoms with E-state index in [4.69, 9.17) is 9.79 Å². The third-order valence-corrected chi connectivity index (χ3v) is 6.63. The molecule has 0 bridgehead atoms. The SMILES string of the molecule is O=P(O)(O)C(F)(F)c1ccc(CCSCc2ccc(Br)cc2)cc1Br. The Bertz CT molecular complexity index is 781. The average molecular weight is 516 g/mol. The fourth-order valence-corrected chi connectivity index (χ4v) is 4.63. The second kappa shape index (κ2) is 8.63. The van der Waals surface area contributed by atoms with E-state index in [-0.39, 0.29) is 4.47 Å². The van der Waals surface area contributed by atoms with E-state index in [1.165, 1.54) is 17.7 Å². The van der Waals surface area contributed by atoms with Gasteiger partial charge in [-0.25, -0.2) is 0 Å². The average Bonchev–Trinajstić information content (AvgIpc) is 2.52. The van der Waals surface area contributed by atoms with Gasteiger partial charge < -0.3 is 9.79 Å². The Morgan fingerprint density at radius 3 is 2.20 bits per heavy atom. The molecule has 0 unspecified atom stereocenters. The van der Waals surface area contributed by atoms with Crippen molar-refractivity contribution in [2.45, 2.75) is 17.8 Å². The van der Waals surface area contributed by atoms with E-state index in [1.54, 1.807) is 11.8 Å². The molecule has 0 spiro atoms. The van der Waals surface area contributed by atoms with E-state index >= 15 is 0 Å². The molecule has 2 N–H and O–H groups in total. The van der Waals surface area contributed by atoms with Crippen LogP contribution in [-0.4, -0.2) is 15.5 Å². The first-order chi connectivity index (χ1) is 11.6. The highest BCUT2D eigenvalue weighted by molar-refractivity contribution is 9.10. The summed E-state index contributed by atoms with van der Waals surface area (Å²) in [5, 5.41) is 0. The van der Waals surface area contributed by atoms with Crippen molar-refractivity contribution in [3.05, 3.63) is 68.1 Å². The number of benzene rings is 2. The van der Waals surface area contributed by atoms with Crippen LogP contribution >= 0.6 is 51.2 Å². The summed E-state index contributed by atoms with van der Waals surface area (Å²) in [5.41, 5.74) is -2.89. The Kier molecular flexibility index (Phi) is 7.27. The first kappa shape index (κ1) is 21.1. The molecule has 0 aliphatic rings. The second-order valence-corrected chi connectivity index (χ2v) is 9.85. The lowest BCUT2D eigenvalue weighted by Crippen LogP contribution is -2.14. The Balaban J connectivity index is 1.94. The number of rotatable bonds is 7. The largest absolute Gasteiger partial charge is 0.399 e. The van der Waals surface area contributed by atoms with Gasteiger partial charge in [0.2, 0.25) is 0 Å². The maximum absolute atomic E-state index is 13.8. The van der Waals surface area contributed by atoms with Crippen molar-refractivity contribution >= 4 is 51.2 Å². The minimum Gasteiger partial charge on any atom is -0.320 e. The smallest absolute Gasteiger partial charge is 0.320 e. The predicted octanol–water partition coefficient (Wildman–Crippen LogP) is 5.91. The molecule has 9 heteroatoms. The molecule has 0 heterocycles. The third-order valence-electron chi connectivity index (χ3n) is 3.44. The monoisotopic (exact) mass is 514 g/mol. The highest BCUT2D eigenvalue weighted by atomic mass is 79.9. The van der Waals surface area contributed by atoms with Gasteiger partial charge in [0.25, 0.3) is 0 Å². The van der Waals surface area contributed by atoms with Crippen molar-refractivity contribution in [3.63, 3.8) is 0 Å². The van der Waals surface area contributed by atoms with Gasteiger partial charge in [0, 0.05) is 20.3 Å². The van der Waals surface area contributed by atoms with Gasteiger partial charge in [-0.3, -0.25) is 4.57 Å². The lowest BCUT2D eigenvalue weighted by atomic mass is 10.1. The molecule has 2 aromatic carbocycles. The van der Waals surface area contributed by atoms with Crippen molar-refractivity contribution in [1.29, 1.82) is 0 Å². The number of hydrogen-bond donors (Lipinski definition) is 2. The topological polar surface area (TPSA) is 57.5 Å². The van der Waals surface area contributed by atoms with Gasteiger partial charge in [-0.2, -0.15) is 20.5 Å². The Labute approximate surface area is 165 Å². The number of alkyl halides is 2. The van der Waals surface area contributed by atoms with Crippen LogP contribution in [-0.2, 0) is 22.4 Å². The minimum absolute atomic E-state index is 0.00349. The molecule has 2 aromatic rings. The molecule has 0 aliphatic heterocycles. The number of thioether (sulfide) groups is 1. The van der Waals surface area contributed by atoms with Crippen LogP contribution < -0.4 is 0 Å². The zero-order valence-electron chi connectivity index (χ0n) is 12.8. The van der Waals surface area contributed by atoms with Gasteiger partial charge in [-0.1, -0.05) is 56.1 Å². The minimum atomic E-state index is -5.57. The van der Waals surface area contributed by atoms with Gasteiger partial charge in [0.1, 0.15) is 0 Å². The molecule has 0 radical (unpaired) electrons. The van der Waals surface area contributed by atoms with Crippen molar-refractivity contribution in [2.24, 2.45) is 0 Å². The molecule has 0 fully saturated rings. The molecule has 0 aromatic heterocycles. The Morgan fingerprint density at radius 2 is 1.64 bits per heavy atom. The van der Waals surface area contributed by atoms with Crippen LogP contribution in [0.5, 0.6) is 0 Å². The normalized spacial score (nSPS) is 12.4. The van der Waals surface area contributed by atoms with Crippen LogP contribution in [0.2, 0.25) is 0 Å². The third kappa shape index (κ3) is 5.62. The van der Waals surface area contributed by atoms with Crippen molar-refractivity contribution < 1.29 is 23.1 Å². The van der Waals surface area contributed by atoms with Crippen LogP contribution in [0.3, 0.4) is 0 Å². The van der Waals surface area contributed by atoms with E-state index in [1.807, 2.05) is 24.3 Å². The van der Waals surface area contributed by atoms with Crippen molar-refractivity contribution in [2.75, 3.05) is 5.75 Å². The van der Waals surface area contributed by atoms with Gasteiger partial charge in [0.15, 0.2) is 0 Å². The maximum atomic E-state index is 13.8. The fourth-order valence-electron chi connectivity index (χ4n) is 2.08.